The van der Waals surface area contributed by atoms with Gasteiger partial charge in [0.1, 0.15) is 0 Å². The van der Waals surface area contributed by atoms with Crippen LogP contribution in [0.4, 0.5) is 0 Å². The normalized spacial score (nSPS) is 14.3. The summed E-state index contributed by atoms with van der Waals surface area (Å²) in [6, 6.07) is 11.5. The first-order chi connectivity index (χ1) is 11.6. The van der Waals surface area contributed by atoms with Crippen LogP contribution in [0.3, 0.4) is 0 Å². The van der Waals surface area contributed by atoms with Crippen molar-refractivity contribution in [3.8, 4) is 20.9 Å². The minimum atomic E-state index is -2.04. The van der Waals surface area contributed by atoms with E-state index in [0.717, 1.165) is 32.0 Å². The molecule has 24 heavy (non-hydrogen) atoms. The molecular weight excluding hydrogens is 344 g/mol. The lowest BCUT2D eigenvalue weighted by Gasteiger charge is -2.01. The molecule has 1 amide bonds. The van der Waals surface area contributed by atoms with Crippen molar-refractivity contribution in [3.05, 3.63) is 59.9 Å². The van der Waals surface area contributed by atoms with Crippen molar-refractivity contribution in [2.45, 2.75) is 11.4 Å². The van der Waals surface area contributed by atoms with E-state index in [1.54, 1.807) is 23.6 Å². The predicted molar refractivity (Wildman–Crippen MR) is 93.2 cm³/mol. The molecule has 2 aromatic heterocycles. The molecule has 0 radical (unpaired) electrons. The molecule has 4 rings (SSSR count). The second-order valence-corrected chi connectivity index (χ2v) is 7.43. The summed E-state index contributed by atoms with van der Waals surface area (Å²) in [5, 5.41) is 2.82. The summed E-state index contributed by atoms with van der Waals surface area (Å²) in [5.41, 5.74) is 3.60. The van der Waals surface area contributed by atoms with E-state index < -0.39 is 11.1 Å². The number of hydrogen-bond donors (Lipinski definition) is 2. The van der Waals surface area contributed by atoms with E-state index in [9.17, 15) is 13.6 Å². The maximum absolute atomic E-state index is 11.6. The second-order valence-electron chi connectivity index (χ2n) is 5.38. The Morgan fingerprint density at radius 1 is 1.08 bits per heavy atom. The van der Waals surface area contributed by atoms with Crippen molar-refractivity contribution in [3.63, 3.8) is 0 Å². The first kappa shape index (κ1) is 15.2. The molecule has 120 valence electrons. The standard InChI is InChI=1S/C17H12N2O3S2/c20-17-14-2-1-10(5-11(14)8-19-17)15-3-4-16(23-15)12-6-13(24(21)22)9-18-7-12/h1-7,9H,8H2,(H,19,20)(H,21,22). The number of rotatable bonds is 3. The van der Waals surface area contributed by atoms with Crippen LogP contribution in [0.1, 0.15) is 15.9 Å². The number of carbonyl (C=O) groups excluding carboxylic acids is 1. The molecule has 3 aromatic rings. The van der Waals surface area contributed by atoms with Crippen LogP contribution in [0.2, 0.25) is 0 Å². The number of nitrogens with one attached hydrogen (secondary N) is 1. The SMILES string of the molecule is O=C1NCc2cc(-c3ccc(-c4cncc(S(=O)O)c4)s3)ccc21. The number of pyridine rings is 1. The average Bonchev–Trinajstić information content (AvgIpc) is 3.22. The zero-order valence-electron chi connectivity index (χ0n) is 12.4. The number of thiophene rings is 1. The van der Waals surface area contributed by atoms with Gasteiger partial charge in [0.25, 0.3) is 5.91 Å². The molecule has 3 heterocycles. The zero-order valence-corrected chi connectivity index (χ0v) is 14.0. The first-order valence-electron chi connectivity index (χ1n) is 7.19. The van der Waals surface area contributed by atoms with Gasteiger partial charge in [0.15, 0.2) is 11.1 Å². The fourth-order valence-corrected chi connectivity index (χ4v) is 4.04. The van der Waals surface area contributed by atoms with Crippen LogP contribution in [0.15, 0.2) is 53.7 Å². The Balaban J connectivity index is 1.69. The van der Waals surface area contributed by atoms with Crippen molar-refractivity contribution in [2.24, 2.45) is 0 Å². The first-order valence-corrected chi connectivity index (χ1v) is 9.12. The number of hydrogen-bond acceptors (Lipinski definition) is 4. The summed E-state index contributed by atoms with van der Waals surface area (Å²) < 4.78 is 20.4. The van der Waals surface area contributed by atoms with Crippen LogP contribution >= 0.6 is 11.3 Å². The number of benzene rings is 1. The molecule has 7 heteroatoms. The predicted octanol–water partition coefficient (Wildman–Crippen LogP) is 3.30. The average molecular weight is 356 g/mol. The number of nitrogens with zero attached hydrogens (tertiary/aromatic N) is 1. The van der Waals surface area contributed by atoms with Crippen molar-refractivity contribution >= 4 is 28.3 Å². The molecule has 1 aliphatic heterocycles. The Bertz CT molecular complexity index is 981. The van der Waals surface area contributed by atoms with Gasteiger partial charge in [0, 0.05) is 39.8 Å². The molecule has 1 aliphatic rings. The highest BCUT2D eigenvalue weighted by Gasteiger charge is 2.19. The minimum absolute atomic E-state index is 0.0247. The Kier molecular flexibility index (Phi) is 3.76. The molecule has 1 aromatic carbocycles. The zero-order chi connectivity index (χ0) is 16.7. The van der Waals surface area contributed by atoms with Gasteiger partial charge < -0.3 is 9.87 Å². The van der Waals surface area contributed by atoms with E-state index in [1.165, 1.54) is 6.20 Å². The Morgan fingerprint density at radius 3 is 2.67 bits per heavy atom. The van der Waals surface area contributed by atoms with Crippen molar-refractivity contribution in [1.29, 1.82) is 0 Å². The van der Waals surface area contributed by atoms with E-state index in [0.29, 0.717) is 6.54 Å². The van der Waals surface area contributed by atoms with Gasteiger partial charge in [0.05, 0.1) is 4.90 Å². The van der Waals surface area contributed by atoms with E-state index in [2.05, 4.69) is 10.3 Å². The van der Waals surface area contributed by atoms with Gasteiger partial charge in [-0.15, -0.1) is 11.3 Å². The highest BCUT2D eigenvalue weighted by Crippen LogP contribution is 2.35. The molecule has 0 saturated carbocycles. The largest absolute Gasteiger partial charge is 0.348 e. The summed E-state index contributed by atoms with van der Waals surface area (Å²) in [6.07, 6.45) is 3.07. The molecule has 0 saturated heterocycles. The highest BCUT2D eigenvalue weighted by molar-refractivity contribution is 7.79. The second kappa shape index (κ2) is 5.94. The summed E-state index contributed by atoms with van der Waals surface area (Å²) in [6.45, 7) is 0.564. The topological polar surface area (TPSA) is 79.3 Å². The van der Waals surface area contributed by atoms with Crippen molar-refractivity contribution < 1.29 is 13.6 Å². The lowest BCUT2D eigenvalue weighted by molar-refractivity contribution is 0.0965. The van der Waals surface area contributed by atoms with Gasteiger partial charge in [-0.1, -0.05) is 6.07 Å². The Labute approximate surface area is 144 Å². The Morgan fingerprint density at radius 2 is 1.88 bits per heavy atom. The van der Waals surface area contributed by atoms with Gasteiger partial charge in [-0.05, 0) is 41.5 Å². The van der Waals surface area contributed by atoms with E-state index in [-0.39, 0.29) is 10.8 Å². The fraction of sp³-hybridized carbons (Fsp3) is 0.0588. The third-order valence-corrected chi connectivity index (χ3v) is 5.69. The maximum Gasteiger partial charge on any atom is 0.251 e. The van der Waals surface area contributed by atoms with Gasteiger partial charge in [-0.3, -0.25) is 9.78 Å². The third-order valence-electron chi connectivity index (χ3n) is 3.88. The number of aromatic nitrogens is 1. The number of amides is 1. The molecular formula is C17H12N2O3S2. The molecule has 0 fully saturated rings. The number of fused-ring (bicyclic) bond motifs is 1. The molecule has 0 spiro atoms. The smallest absolute Gasteiger partial charge is 0.251 e. The van der Waals surface area contributed by atoms with Gasteiger partial charge in [-0.2, -0.15) is 0 Å². The third kappa shape index (κ3) is 2.66. The fourth-order valence-electron chi connectivity index (χ4n) is 2.68. The number of carbonyl (C=O) groups is 1. The van der Waals surface area contributed by atoms with Gasteiger partial charge in [0.2, 0.25) is 0 Å². The van der Waals surface area contributed by atoms with E-state index in [1.807, 2.05) is 30.3 Å². The van der Waals surface area contributed by atoms with Crippen molar-refractivity contribution in [1.82, 2.24) is 10.3 Å². The van der Waals surface area contributed by atoms with Crippen LogP contribution in [0.5, 0.6) is 0 Å². The molecule has 1 unspecified atom stereocenters. The van der Waals surface area contributed by atoms with E-state index in [4.69, 9.17) is 0 Å². The summed E-state index contributed by atoms with van der Waals surface area (Å²) in [7, 11) is 0. The van der Waals surface area contributed by atoms with Gasteiger partial charge in [-0.25, -0.2) is 4.21 Å². The quantitative estimate of drug-likeness (QED) is 0.706. The summed E-state index contributed by atoms with van der Waals surface area (Å²) >= 11 is -0.463. The minimum Gasteiger partial charge on any atom is -0.348 e. The van der Waals surface area contributed by atoms with Gasteiger partial charge >= 0.3 is 0 Å². The molecule has 0 bridgehead atoms. The van der Waals surface area contributed by atoms with Crippen molar-refractivity contribution in [2.75, 3.05) is 0 Å². The molecule has 5 nitrogen and oxygen atoms in total. The van der Waals surface area contributed by atoms with E-state index >= 15 is 0 Å². The highest BCUT2D eigenvalue weighted by atomic mass is 32.2. The summed E-state index contributed by atoms with van der Waals surface area (Å²) in [5.74, 6) is -0.0247. The van der Waals surface area contributed by atoms with Crippen LogP contribution in [0.25, 0.3) is 20.9 Å². The monoisotopic (exact) mass is 356 g/mol. The molecule has 1 atom stereocenters. The van der Waals surface area contributed by atoms with Crippen LogP contribution in [-0.4, -0.2) is 19.7 Å². The van der Waals surface area contributed by atoms with Crippen LogP contribution in [-0.2, 0) is 17.6 Å². The lowest BCUT2D eigenvalue weighted by atomic mass is 10.1. The van der Waals surface area contributed by atoms with Crippen LogP contribution < -0.4 is 5.32 Å². The Hall–Kier alpha value is -2.35. The lowest BCUT2D eigenvalue weighted by Crippen LogP contribution is -2.12. The summed E-state index contributed by atoms with van der Waals surface area (Å²) in [4.78, 5) is 18.0. The van der Waals surface area contributed by atoms with Crippen LogP contribution in [0, 0.1) is 0 Å². The maximum atomic E-state index is 11.6. The molecule has 0 aliphatic carbocycles. The molecule has 2 N–H and O–H groups in total.